The molecule has 0 spiro atoms. The van der Waals surface area contributed by atoms with Crippen LogP contribution in [0.4, 0.5) is 0 Å². The van der Waals surface area contributed by atoms with Gasteiger partial charge in [-0.1, -0.05) is 15.9 Å². The summed E-state index contributed by atoms with van der Waals surface area (Å²) in [5, 5.41) is 8.73. The van der Waals surface area contributed by atoms with E-state index in [9.17, 15) is 0 Å². The molecule has 3 nitrogen and oxygen atoms in total. The monoisotopic (exact) mass is 276 g/mol. The Labute approximate surface area is 97.4 Å². The van der Waals surface area contributed by atoms with E-state index in [0.29, 0.717) is 24.5 Å². The molecule has 0 aliphatic carbocycles. The lowest BCUT2D eigenvalue weighted by Crippen LogP contribution is -2.11. The van der Waals surface area contributed by atoms with E-state index in [4.69, 9.17) is 15.7 Å². The number of nitrogens with zero attached hydrogens (tertiary/aromatic N) is 1. The molecule has 0 heterocycles. The fourth-order valence-electron chi connectivity index (χ4n) is 0.877. The van der Waals surface area contributed by atoms with Crippen molar-refractivity contribution in [2.24, 2.45) is 5.73 Å². The van der Waals surface area contributed by atoms with E-state index < -0.39 is 0 Å². The van der Waals surface area contributed by atoms with Gasteiger partial charge in [-0.3, -0.25) is 0 Å². The number of nitriles is 1. The summed E-state index contributed by atoms with van der Waals surface area (Å²) in [4.78, 5) is 0. The molecule has 2 N–H and O–H groups in total. The maximum absolute atomic E-state index is 8.73. The lowest BCUT2D eigenvalue weighted by atomic mass is 10.2. The summed E-state index contributed by atoms with van der Waals surface area (Å²) < 4.78 is 6.17. The lowest BCUT2D eigenvalue weighted by Gasteiger charge is -2.06. The first kappa shape index (κ1) is 13.2. The van der Waals surface area contributed by atoms with Gasteiger partial charge in [0.2, 0.25) is 0 Å². The molecular formula is C9H10BrClN2O. The number of ether oxygens (including phenoxy) is 1. The van der Waals surface area contributed by atoms with E-state index in [2.05, 4.69) is 15.9 Å². The average molecular weight is 278 g/mol. The third-order valence-electron chi connectivity index (χ3n) is 1.44. The van der Waals surface area contributed by atoms with Crippen molar-refractivity contribution in [3.05, 3.63) is 28.2 Å². The van der Waals surface area contributed by atoms with Crippen molar-refractivity contribution in [2.45, 2.75) is 0 Å². The lowest BCUT2D eigenvalue weighted by molar-refractivity contribution is 0.327. The molecule has 0 fully saturated rings. The SMILES string of the molecule is Cl.N#Cc1ccc(Br)cc1OCCN. The van der Waals surface area contributed by atoms with Crippen molar-refractivity contribution >= 4 is 28.3 Å². The van der Waals surface area contributed by atoms with Crippen molar-refractivity contribution in [1.29, 1.82) is 5.26 Å². The Morgan fingerprint density at radius 1 is 1.50 bits per heavy atom. The molecule has 0 saturated carbocycles. The summed E-state index contributed by atoms with van der Waals surface area (Å²) in [6, 6.07) is 7.31. The number of halogens is 2. The Kier molecular flexibility index (Phi) is 6.30. The van der Waals surface area contributed by atoms with Gasteiger partial charge in [0.1, 0.15) is 18.4 Å². The molecule has 0 radical (unpaired) electrons. The zero-order valence-electron chi connectivity index (χ0n) is 7.37. The van der Waals surface area contributed by atoms with Crippen LogP contribution in [0.15, 0.2) is 22.7 Å². The van der Waals surface area contributed by atoms with Gasteiger partial charge in [-0.2, -0.15) is 5.26 Å². The summed E-state index contributed by atoms with van der Waals surface area (Å²) in [6.45, 7) is 0.864. The number of nitrogens with two attached hydrogens (primary N) is 1. The molecule has 1 aromatic rings. The first-order valence-electron chi connectivity index (χ1n) is 3.80. The average Bonchev–Trinajstić information content (AvgIpc) is 2.15. The Morgan fingerprint density at radius 3 is 2.79 bits per heavy atom. The van der Waals surface area contributed by atoms with Crippen molar-refractivity contribution in [1.82, 2.24) is 0 Å². The molecule has 0 atom stereocenters. The zero-order chi connectivity index (χ0) is 9.68. The van der Waals surface area contributed by atoms with Gasteiger partial charge >= 0.3 is 0 Å². The minimum Gasteiger partial charge on any atom is -0.491 e. The van der Waals surface area contributed by atoms with Gasteiger partial charge in [-0.25, -0.2) is 0 Å². The van der Waals surface area contributed by atoms with Crippen LogP contribution < -0.4 is 10.5 Å². The van der Waals surface area contributed by atoms with Crippen molar-refractivity contribution in [2.75, 3.05) is 13.2 Å². The van der Waals surface area contributed by atoms with Crippen LogP contribution in [-0.2, 0) is 0 Å². The van der Waals surface area contributed by atoms with Crippen LogP contribution in [0.5, 0.6) is 5.75 Å². The van der Waals surface area contributed by atoms with E-state index >= 15 is 0 Å². The van der Waals surface area contributed by atoms with Gasteiger partial charge in [-0.15, -0.1) is 12.4 Å². The highest BCUT2D eigenvalue weighted by Crippen LogP contribution is 2.22. The van der Waals surface area contributed by atoms with Gasteiger partial charge in [0.25, 0.3) is 0 Å². The van der Waals surface area contributed by atoms with Crippen molar-refractivity contribution in [3.8, 4) is 11.8 Å². The minimum absolute atomic E-state index is 0. The van der Waals surface area contributed by atoms with Gasteiger partial charge in [-0.05, 0) is 18.2 Å². The maximum atomic E-state index is 8.73. The van der Waals surface area contributed by atoms with Gasteiger partial charge in [0, 0.05) is 11.0 Å². The fraction of sp³-hybridized carbons (Fsp3) is 0.222. The highest BCUT2D eigenvalue weighted by Gasteiger charge is 2.02. The van der Waals surface area contributed by atoms with Gasteiger partial charge in [0.05, 0.1) is 5.56 Å². The normalized spacial score (nSPS) is 8.64. The summed E-state index contributed by atoms with van der Waals surface area (Å²) in [5.41, 5.74) is 5.81. The Bertz CT molecular complexity index is 338. The molecule has 0 saturated heterocycles. The molecule has 0 aliphatic rings. The van der Waals surface area contributed by atoms with Crippen LogP contribution in [0.1, 0.15) is 5.56 Å². The highest BCUT2D eigenvalue weighted by atomic mass is 79.9. The van der Waals surface area contributed by atoms with Gasteiger partial charge < -0.3 is 10.5 Å². The fourth-order valence-corrected chi connectivity index (χ4v) is 1.22. The minimum atomic E-state index is 0. The molecule has 1 aromatic carbocycles. The Morgan fingerprint density at radius 2 is 2.21 bits per heavy atom. The van der Waals surface area contributed by atoms with E-state index in [1.54, 1.807) is 18.2 Å². The van der Waals surface area contributed by atoms with E-state index in [1.807, 2.05) is 6.07 Å². The Balaban J connectivity index is 0.00000169. The third-order valence-corrected chi connectivity index (χ3v) is 1.93. The molecular weight excluding hydrogens is 267 g/mol. The van der Waals surface area contributed by atoms with Crippen LogP contribution in [-0.4, -0.2) is 13.2 Å². The molecule has 14 heavy (non-hydrogen) atoms. The molecule has 5 heteroatoms. The zero-order valence-corrected chi connectivity index (χ0v) is 9.77. The molecule has 1 rings (SSSR count). The smallest absolute Gasteiger partial charge is 0.138 e. The predicted octanol–water partition coefficient (Wildman–Crippen LogP) is 2.08. The first-order valence-corrected chi connectivity index (χ1v) is 4.59. The molecule has 0 bridgehead atoms. The van der Waals surface area contributed by atoms with Crippen molar-refractivity contribution in [3.63, 3.8) is 0 Å². The number of benzene rings is 1. The summed E-state index contributed by atoms with van der Waals surface area (Å²) in [6.07, 6.45) is 0. The van der Waals surface area contributed by atoms with E-state index in [1.165, 1.54) is 0 Å². The highest BCUT2D eigenvalue weighted by molar-refractivity contribution is 9.10. The molecule has 0 unspecified atom stereocenters. The largest absolute Gasteiger partial charge is 0.491 e. The van der Waals surface area contributed by atoms with Crippen LogP contribution in [0.3, 0.4) is 0 Å². The standard InChI is InChI=1S/C9H9BrN2O.ClH/c10-8-2-1-7(6-12)9(5-8)13-4-3-11;/h1-2,5H,3-4,11H2;1H. The summed E-state index contributed by atoms with van der Waals surface area (Å²) in [7, 11) is 0. The van der Waals surface area contributed by atoms with Crippen molar-refractivity contribution < 1.29 is 4.74 Å². The number of hydrogen-bond acceptors (Lipinski definition) is 3. The van der Waals surface area contributed by atoms with Crippen LogP contribution >= 0.6 is 28.3 Å². The topological polar surface area (TPSA) is 59.0 Å². The number of rotatable bonds is 3. The second-order valence-electron chi connectivity index (χ2n) is 2.39. The summed E-state index contributed by atoms with van der Waals surface area (Å²) >= 11 is 3.30. The molecule has 76 valence electrons. The molecule has 0 aliphatic heterocycles. The van der Waals surface area contributed by atoms with Gasteiger partial charge in [0.15, 0.2) is 0 Å². The molecule has 0 aromatic heterocycles. The second kappa shape index (κ2) is 6.66. The van der Waals surface area contributed by atoms with Crippen LogP contribution in [0.2, 0.25) is 0 Å². The number of hydrogen-bond donors (Lipinski definition) is 1. The third kappa shape index (κ3) is 3.54. The molecule has 0 amide bonds. The second-order valence-corrected chi connectivity index (χ2v) is 3.31. The maximum Gasteiger partial charge on any atom is 0.138 e. The van der Waals surface area contributed by atoms with Crippen LogP contribution in [0.25, 0.3) is 0 Å². The Hall–Kier alpha value is -0.760. The first-order chi connectivity index (χ1) is 6.27. The predicted molar refractivity (Wildman–Crippen MR) is 60.7 cm³/mol. The quantitative estimate of drug-likeness (QED) is 0.920. The van der Waals surface area contributed by atoms with E-state index in [0.717, 1.165) is 4.47 Å². The summed E-state index contributed by atoms with van der Waals surface area (Å²) in [5.74, 6) is 0.572. The van der Waals surface area contributed by atoms with E-state index in [-0.39, 0.29) is 12.4 Å². The van der Waals surface area contributed by atoms with Crippen LogP contribution in [0, 0.1) is 11.3 Å².